The Bertz CT molecular complexity index is 1590. The summed E-state index contributed by atoms with van der Waals surface area (Å²) in [5, 5.41) is 9.21. The zero-order valence-electron chi connectivity index (χ0n) is 20.1. The van der Waals surface area contributed by atoms with E-state index in [1.54, 1.807) is 25.5 Å². The van der Waals surface area contributed by atoms with Crippen LogP contribution in [0.2, 0.25) is 0 Å². The van der Waals surface area contributed by atoms with Crippen LogP contribution in [0.25, 0.3) is 11.4 Å². The van der Waals surface area contributed by atoms with Crippen LogP contribution in [0.5, 0.6) is 0 Å². The van der Waals surface area contributed by atoms with Gasteiger partial charge in [-0.3, -0.25) is 9.59 Å². The van der Waals surface area contributed by atoms with Crippen molar-refractivity contribution in [1.82, 2.24) is 24.5 Å². The maximum atomic E-state index is 12.5. The maximum Gasteiger partial charge on any atom is 0.275 e. The van der Waals surface area contributed by atoms with Crippen LogP contribution in [0, 0.1) is 13.8 Å². The normalized spacial score (nSPS) is 10.5. The molecule has 37 heavy (non-hydrogen) atoms. The summed E-state index contributed by atoms with van der Waals surface area (Å²) in [5.74, 6) is 0. The second-order valence-corrected chi connectivity index (χ2v) is 10.4. The van der Waals surface area contributed by atoms with Crippen molar-refractivity contribution in [3.63, 3.8) is 0 Å². The van der Waals surface area contributed by atoms with E-state index in [2.05, 4.69) is 27.8 Å². The minimum absolute atomic E-state index is 0.0992. The van der Waals surface area contributed by atoms with Crippen molar-refractivity contribution >= 4 is 34.2 Å². The smallest absolute Gasteiger partial charge is 0.267 e. The maximum absolute atomic E-state index is 12.5. The second kappa shape index (κ2) is 12.6. The molecule has 2 aromatic carbocycles. The molecule has 5 rings (SSSR count). The molecule has 3 heterocycles. The first-order valence-corrected chi connectivity index (χ1v) is 13.8. The standard InChI is InChI=1S/C16H13N3OS2.C11H10N2OS/c1-12-14(21-22-15-9-5-6-10-17-15)11-18-19(16(12)20)13-7-3-2-4-8-13;1-8-10(15)7-12-13(11(8)14)9-5-3-2-4-6-9/h2-11H,1H3;2-7,15H,1H3. The SMILES string of the molecule is Cc1c(S)cnn(-c2ccccc2)c1=O.Cc1c(SSc2ccccn2)cnn(-c2ccccc2)c1=O. The van der Waals surface area contributed by atoms with Crippen LogP contribution in [0.15, 0.2) is 122 Å². The lowest BCUT2D eigenvalue weighted by Gasteiger charge is -2.08. The van der Waals surface area contributed by atoms with Crippen molar-refractivity contribution < 1.29 is 0 Å². The molecule has 7 nitrogen and oxygen atoms in total. The molecule has 0 saturated carbocycles. The van der Waals surface area contributed by atoms with Gasteiger partial charge in [0.05, 0.1) is 23.8 Å². The molecule has 0 unspecified atom stereocenters. The molecule has 0 fully saturated rings. The lowest BCUT2D eigenvalue weighted by Crippen LogP contribution is -2.23. The Hall–Kier alpha value is -3.60. The van der Waals surface area contributed by atoms with Gasteiger partial charge in [-0.15, -0.1) is 12.6 Å². The Morgan fingerprint density at radius 2 is 1.22 bits per heavy atom. The quantitative estimate of drug-likeness (QED) is 0.229. The van der Waals surface area contributed by atoms with Gasteiger partial charge in [0.2, 0.25) is 0 Å². The number of rotatable bonds is 5. The molecule has 0 aliphatic carbocycles. The van der Waals surface area contributed by atoms with Crippen LogP contribution in [-0.2, 0) is 0 Å². The summed E-state index contributed by atoms with van der Waals surface area (Å²) in [6.45, 7) is 3.57. The van der Waals surface area contributed by atoms with Gasteiger partial charge in [0.25, 0.3) is 11.1 Å². The summed E-state index contributed by atoms with van der Waals surface area (Å²) in [6, 6.07) is 24.5. The topological polar surface area (TPSA) is 82.7 Å². The largest absolute Gasteiger partial charge is 0.275 e. The van der Waals surface area contributed by atoms with Gasteiger partial charge in [0.1, 0.15) is 5.03 Å². The fourth-order valence-electron chi connectivity index (χ4n) is 3.13. The zero-order chi connectivity index (χ0) is 26.2. The summed E-state index contributed by atoms with van der Waals surface area (Å²) < 4.78 is 2.79. The summed E-state index contributed by atoms with van der Waals surface area (Å²) in [6.07, 6.45) is 5.05. The number of nitrogens with zero attached hydrogens (tertiary/aromatic N) is 5. The molecule has 0 N–H and O–H groups in total. The Morgan fingerprint density at radius 1 is 0.676 bits per heavy atom. The Balaban J connectivity index is 0.000000186. The molecule has 10 heteroatoms. The van der Waals surface area contributed by atoms with Crippen molar-refractivity contribution in [2.45, 2.75) is 28.7 Å². The Morgan fingerprint density at radius 3 is 1.78 bits per heavy atom. The molecule has 3 aromatic heterocycles. The van der Waals surface area contributed by atoms with Gasteiger partial charge in [-0.2, -0.15) is 19.6 Å². The van der Waals surface area contributed by atoms with Gasteiger partial charge in [0, 0.05) is 27.1 Å². The van der Waals surface area contributed by atoms with Gasteiger partial charge in [-0.1, -0.05) is 42.5 Å². The van der Waals surface area contributed by atoms with Gasteiger partial charge in [0.15, 0.2) is 0 Å². The molecular weight excluding hydrogens is 523 g/mol. The van der Waals surface area contributed by atoms with Gasteiger partial charge < -0.3 is 0 Å². The van der Waals surface area contributed by atoms with E-state index >= 15 is 0 Å². The fourth-order valence-corrected chi connectivity index (χ4v) is 5.32. The molecule has 0 atom stereocenters. The van der Waals surface area contributed by atoms with E-state index in [0.717, 1.165) is 21.3 Å². The lowest BCUT2D eigenvalue weighted by molar-refractivity contribution is 0.778. The van der Waals surface area contributed by atoms with Crippen LogP contribution in [-0.4, -0.2) is 24.5 Å². The van der Waals surface area contributed by atoms with Crippen molar-refractivity contribution in [2.24, 2.45) is 0 Å². The fraction of sp³-hybridized carbons (Fsp3) is 0.0741. The molecule has 0 spiro atoms. The first kappa shape index (κ1) is 26.5. The molecule has 0 radical (unpaired) electrons. The molecule has 0 amide bonds. The van der Waals surface area contributed by atoms with E-state index in [1.165, 1.54) is 31.0 Å². The van der Waals surface area contributed by atoms with Crippen LogP contribution >= 0.6 is 34.2 Å². The number of hydrogen-bond donors (Lipinski definition) is 1. The van der Waals surface area contributed by atoms with Crippen molar-refractivity contribution in [2.75, 3.05) is 0 Å². The van der Waals surface area contributed by atoms with Crippen LogP contribution in [0.1, 0.15) is 11.1 Å². The van der Waals surface area contributed by atoms with E-state index in [4.69, 9.17) is 0 Å². The van der Waals surface area contributed by atoms with Crippen LogP contribution in [0.4, 0.5) is 0 Å². The van der Waals surface area contributed by atoms with E-state index in [9.17, 15) is 9.59 Å². The highest BCUT2D eigenvalue weighted by Gasteiger charge is 2.10. The molecule has 186 valence electrons. The van der Waals surface area contributed by atoms with E-state index in [1.807, 2.05) is 85.8 Å². The molecule has 0 saturated heterocycles. The highest BCUT2D eigenvalue weighted by molar-refractivity contribution is 8.76. The van der Waals surface area contributed by atoms with Gasteiger partial charge in [-0.25, -0.2) is 4.98 Å². The Kier molecular flexibility index (Phi) is 8.99. The molecular formula is C27H23N5O2S3. The van der Waals surface area contributed by atoms with Crippen molar-refractivity contribution in [3.8, 4) is 11.4 Å². The average molecular weight is 546 g/mol. The third-order valence-electron chi connectivity index (χ3n) is 5.22. The van der Waals surface area contributed by atoms with Gasteiger partial charge >= 0.3 is 0 Å². The first-order chi connectivity index (χ1) is 18.0. The summed E-state index contributed by atoms with van der Waals surface area (Å²) >= 11 is 4.15. The number of benzene rings is 2. The average Bonchev–Trinajstić information content (AvgIpc) is 2.94. The molecule has 0 aliphatic rings. The first-order valence-electron chi connectivity index (χ1n) is 11.2. The van der Waals surface area contributed by atoms with Gasteiger partial charge in [-0.05, 0) is 71.8 Å². The second-order valence-electron chi connectivity index (χ2n) is 7.73. The Labute approximate surface area is 227 Å². The minimum atomic E-state index is -0.131. The predicted molar refractivity (Wildman–Crippen MR) is 152 cm³/mol. The van der Waals surface area contributed by atoms with Crippen molar-refractivity contribution in [1.29, 1.82) is 0 Å². The number of aromatic nitrogens is 5. The van der Waals surface area contributed by atoms with Crippen LogP contribution < -0.4 is 11.1 Å². The van der Waals surface area contributed by atoms with Crippen molar-refractivity contribution in [3.05, 3.63) is 129 Å². The number of hydrogen-bond acceptors (Lipinski definition) is 8. The number of para-hydroxylation sites is 2. The highest BCUT2D eigenvalue weighted by atomic mass is 33.1. The molecule has 0 aliphatic heterocycles. The highest BCUT2D eigenvalue weighted by Crippen LogP contribution is 2.36. The van der Waals surface area contributed by atoms with E-state index in [0.29, 0.717) is 16.0 Å². The lowest BCUT2D eigenvalue weighted by atomic mass is 10.3. The minimum Gasteiger partial charge on any atom is -0.267 e. The molecule has 0 bridgehead atoms. The van der Waals surface area contributed by atoms with Crippen LogP contribution in [0.3, 0.4) is 0 Å². The monoisotopic (exact) mass is 545 g/mol. The van der Waals surface area contributed by atoms with E-state index < -0.39 is 0 Å². The third kappa shape index (κ3) is 6.59. The molecule has 5 aromatic rings. The summed E-state index contributed by atoms with van der Waals surface area (Å²) in [5.41, 5.74) is 2.60. The summed E-state index contributed by atoms with van der Waals surface area (Å²) in [7, 11) is 3.01. The predicted octanol–water partition coefficient (Wildman–Crippen LogP) is 5.56. The summed E-state index contributed by atoms with van der Waals surface area (Å²) in [4.78, 5) is 30.0. The van der Waals surface area contributed by atoms with E-state index in [-0.39, 0.29) is 11.1 Å². The number of thiol groups is 1. The zero-order valence-corrected chi connectivity index (χ0v) is 22.6. The number of pyridine rings is 1. The third-order valence-corrected chi connectivity index (χ3v) is 8.06.